The van der Waals surface area contributed by atoms with Gasteiger partial charge in [0.15, 0.2) is 0 Å². The molecule has 3 nitrogen and oxygen atoms in total. The maximum absolute atomic E-state index is 8.89. The number of hydrogen-bond donors (Lipinski definition) is 2. The summed E-state index contributed by atoms with van der Waals surface area (Å²) in [7, 11) is 1.81. The summed E-state index contributed by atoms with van der Waals surface area (Å²) in [4.78, 5) is 0. The average Bonchev–Trinajstić information content (AvgIpc) is 2.46. The van der Waals surface area contributed by atoms with Gasteiger partial charge in [0.25, 0.3) is 0 Å². The van der Waals surface area contributed by atoms with E-state index in [4.69, 9.17) is 9.84 Å². The van der Waals surface area contributed by atoms with Gasteiger partial charge in [0.05, 0.1) is 12.1 Å². The zero-order valence-electron chi connectivity index (χ0n) is 11.8. The lowest BCUT2D eigenvalue weighted by Gasteiger charge is -2.31. The lowest BCUT2D eigenvalue weighted by Crippen LogP contribution is -2.37. The molecule has 0 aliphatic heterocycles. The molecule has 2 rings (SSSR count). The summed E-state index contributed by atoms with van der Waals surface area (Å²) in [5.41, 5.74) is 2.45. The van der Waals surface area contributed by atoms with Crippen LogP contribution in [0.3, 0.4) is 0 Å². The van der Waals surface area contributed by atoms with Crippen LogP contribution in [0.25, 0.3) is 0 Å². The molecule has 1 fully saturated rings. The van der Waals surface area contributed by atoms with Crippen molar-refractivity contribution in [2.24, 2.45) is 0 Å². The Labute approximate surface area is 116 Å². The van der Waals surface area contributed by atoms with Gasteiger partial charge in [-0.1, -0.05) is 25.0 Å². The Bertz CT molecular complexity index is 381. The lowest BCUT2D eigenvalue weighted by atomic mass is 9.92. The van der Waals surface area contributed by atoms with Gasteiger partial charge < -0.3 is 15.2 Å². The minimum Gasteiger partial charge on any atom is -0.396 e. The van der Waals surface area contributed by atoms with E-state index in [0.717, 1.165) is 19.3 Å². The SMILES string of the molecule is COC1CCCCC1Nc1cccc(CCCO)c1. The summed E-state index contributed by atoms with van der Waals surface area (Å²) in [5, 5.41) is 12.5. The smallest absolute Gasteiger partial charge is 0.0772 e. The van der Waals surface area contributed by atoms with E-state index >= 15 is 0 Å². The number of rotatable bonds is 6. The molecule has 1 aromatic rings. The summed E-state index contributed by atoms with van der Waals surface area (Å²) >= 11 is 0. The molecule has 19 heavy (non-hydrogen) atoms. The Balaban J connectivity index is 1.97. The van der Waals surface area contributed by atoms with E-state index in [9.17, 15) is 0 Å². The molecule has 1 aliphatic rings. The Morgan fingerprint density at radius 2 is 2.16 bits per heavy atom. The average molecular weight is 263 g/mol. The number of methoxy groups -OCH3 is 1. The molecule has 0 heterocycles. The fourth-order valence-electron chi connectivity index (χ4n) is 2.86. The molecule has 0 aromatic heterocycles. The van der Waals surface area contributed by atoms with Crippen LogP contribution < -0.4 is 5.32 Å². The van der Waals surface area contributed by atoms with Crippen LogP contribution in [0.1, 0.15) is 37.7 Å². The topological polar surface area (TPSA) is 41.5 Å². The number of anilines is 1. The van der Waals surface area contributed by atoms with Crippen molar-refractivity contribution in [2.45, 2.75) is 50.7 Å². The summed E-state index contributed by atoms with van der Waals surface area (Å²) < 4.78 is 5.58. The first kappa shape index (κ1) is 14.4. The Hall–Kier alpha value is -1.06. The number of aryl methyl sites for hydroxylation is 1. The molecular weight excluding hydrogens is 238 g/mol. The van der Waals surface area contributed by atoms with Crippen molar-refractivity contribution in [2.75, 3.05) is 19.0 Å². The second-order valence-corrected chi connectivity index (χ2v) is 5.34. The quantitative estimate of drug-likeness (QED) is 0.829. The molecule has 1 aromatic carbocycles. The molecule has 106 valence electrons. The molecule has 0 radical (unpaired) electrons. The minimum atomic E-state index is 0.256. The molecule has 0 amide bonds. The van der Waals surface area contributed by atoms with E-state index in [1.54, 1.807) is 0 Å². The third kappa shape index (κ3) is 4.22. The molecule has 3 heteroatoms. The third-order valence-corrected chi connectivity index (χ3v) is 3.91. The van der Waals surface area contributed by atoms with E-state index in [1.807, 2.05) is 7.11 Å². The van der Waals surface area contributed by atoms with Crippen molar-refractivity contribution < 1.29 is 9.84 Å². The highest BCUT2D eigenvalue weighted by Crippen LogP contribution is 2.24. The zero-order chi connectivity index (χ0) is 13.5. The fourth-order valence-corrected chi connectivity index (χ4v) is 2.86. The second kappa shape index (κ2) is 7.51. The van der Waals surface area contributed by atoms with Gasteiger partial charge in [0.2, 0.25) is 0 Å². The maximum atomic E-state index is 8.89. The van der Waals surface area contributed by atoms with Crippen molar-refractivity contribution in [3.63, 3.8) is 0 Å². The van der Waals surface area contributed by atoms with Crippen molar-refractivity contribution in [3.05, 3.63) is 29.8 Å². The first-order chi connectivity index (χ1) is 9.33. The van der Waals surface area contributed by atoms with Crippen molar-refractivity contribution in [3.8, 4) is 0 Å². The molecule has 0 bridgehead atoms. The maximum Gasteiger partial charge on any atom is 0.0772 e. The van der Waals surface area contributed by atoms with E-state index in [1.165, 1.54) is 30.5 Å². The first-order valence-electron chi connectivity index (χ1n) is 7.32. The zero-order valence-corrected chi connectivity index (χ0v) is 11.8. The van der Waals surface area contributed by atoms with Gasteiger partial charge in [-0.15, -0.1) is 0 Å². The van der Waals surface area contributed by atoms with Crippen LogP contribution in [0, 0.1) is 0 Å². The van der Waals surface area contributed by atoms with Crippen LogP contribution in [-0.2, 0) is 11.2 Å². The predicted molar refractivity (Wildman–Crippen MR) is 78.5 cm³/mol. The number of aliphatic hydroxyl groups is 1. The largest absolute Gasteiger partial charge is 0.396 e. The molecule has 1 saturated carbocycles. The third-order valence-electron chi connectivity index (χ3n) is 3.91. The van der Waals surface area contributed by atoms with Gasteiger partial charge in [-0.2, -0.15) is 0 Å². The van der Waals surface area contributed by atoms with E-state index in [0.29, 0.717) is 12.1 Å². The summed E-state index contributed by atoms with van der Waals surface area (Å²) in [6, 6.07) is 8.93. The highest BCUT2D eigenvalue weighted by molar-refractivity contribution is 5.47. The number of benzene rings is 1. The van der Waals surface area contributed by atoms with Crippen LogP contribution in [0.5, 0.6) is 0 Å². The van der Waals surface area contributed by atoms with Crippen LogP contribution in [0.15, 0.2) is 24.3 Å². The highest BCUT2D eigenvalue weighted by Gasteiger charge is 2.24. The molecule has 1 aliphatic carbocycles. The summed E-state index contributed by atoms with van der Waals surface area (Å²) in [6.45, 7) is 0.256. The summed E-state index contributed by atoms with van der Waals surface area (Å²) in [5.74, 6) is 0. The summed E-state index contributed by atoms with van der Waals surface area (Å²) in [6.07, 6.45) is 6.97. The molecule has 0 spiro atoms. The van der Waals surface area contributed by atoms with Gasteiger partial charge in [-0.25, -0.2) is 0 Å². The van der Waals surface area contributed by atoms with Crippen LogP contribution >= 0.6 is 0 Å². The lowest BCUT2D eigenvalue weighted by molar-refractivity contribution is 0.0606. The van der Waals surface area contributed by atoms with Gasteiger partial charge >= 0.3 is 0 Å². The molecular formula is C16H25NO2. The predicted octanol–water partition coefficient (Wildman–Crippen LogP) is 2.98. The number of ether oxygens (including phenoxy) is 1. The fraction of sp³-hybridized carbons (Fsp3) is 0.625. The molecule has 0 saturated heterocycles. The monoisotopic (exact) mass is 263 g/mol. The molecule has 2 N–H and O–H groups in total. The Morgan fingerprint density at radius 1 is 1.32 bits per heavy atom. The minimum absolute atomic E-state index is 0.256. The number of nitrogens with one attached hydrogen (secondary N) is 1. The Kier molecular flexibility index (Phi) is 5.67. The molecule has 2 atom stereocenters. The first-order valence-corrected chi connectivity index (χ1v) is 7.32. The van der Waals surface area contributed by atoms with Crippen molar-refractivity contribution in [1.29, 1.82) is 0 Å². The molecule has 2 unspecified atom stereocenters. The van der Waals surface area contributed by atoms with Gasteiger partial charge in [-0.3, -0.25) is 0 Å². The van der Waals surface area contributed by atoms with Crippen LogP contribution in [0.4, 0.5) is 5.69 Å². The second-order valence-electron chi connectivity index (χ2n) is 5.34. The van der Waals surface area contributed by atoms with Crippen molar-refractivity contribution >= 4 is 5.69 Å². The van der Waals surface area contributed by atoms with Crippen molar-refractivity contribution in [1.82, 2.24) is 0 Å². The van der Waals surface area contributed by atoms with E-state index in [2.05, 4.69) is 29.6 Å². The van der Waals surface area contributed by atoms with E-state index < -0.39 is 0 Å². The van der Waals surface area contributed by atoms with Gasteiger partial charge in [0.1, 0.15) is 0 Å². The highest BCUT2D eigenvalue weighted by atomic mass is 16.5. The normalized spacial score (nSPS) is 23.3. The Morgan fingerprint density at radius 3 is 2.95 bits per heavy atom. The number of aliphatic hydroxyl groups excluding tert-OH is 1. The van der Waals surface area contributed by atoms with Crippen LogP contribution in [0.2, 0.25) is 0 Å². The van der Waals surface area contributed by atoms with Gasteiger partial charge in [-0.05, 0) is 43.4 Å². The van der Waals surface area contributed by atoms with Gasteiger partial charge in [0, 0.05) is 19.4 Å². The standard InChI is InChI=1S/C16H25NO2/c1-19-16-10-3-2-9-15(16)17-14-8-4-6-13(12-14)7-5-11-18/h4,6,8,12,15-18H,2-3,5,7,9-11H2,1H3. The van der Waals surface area contributed by atoms with Crippen LogP contribution in [-0.4, -0.2) is 31.0 Å². The number of hydrogen-bond acceptors (Lipinski definition) is 3. The van der Waals surface area contributed by atoms with E-state index in [-0.39, 0.29) is 6.61 Å².